The van der Waals surface area contributed by atoms with Gasteiger partial charge in [0.2, 0.25) is 0 Å². The lowest BCUT2D eigenvalue weighted by molar-refractivity contribution is 0.0460. The number of nitrogens with two attached hydrogens (primary N) is 1. The summed E-state index contributed by atoms with van der Waals surface area (Å²) < 4.78 is 5.15. The van der Waals surface area contributed by atoms with Crippen molar-refractivity contribution in [3.05, 3.63) is 0 Å². The lowest BCUT2D eigenvalue weighted by atomic mass is 10.1. The second-order valence-corrected chi connectivity index (χ2v) is 2.95. The summed E-state index contributed by atoms with van der Waals surface area (Å²) in [6, 6.07) is 0.224. The number of hydrogen-bond donors (Lipinski definition) is 2. The largest absolute Gasteiger partial charge is 0.396 e. The standard InChI is InChI=1S/C7H15NO2/c1-10-7-3-6(8)2-5(7)4-9/h5-7,9H,2-4,8H2,1H3/t5-,6-,7+/m1/s1. The van der Waals surface area contributed by atoms with Gasteiger partial charge >= 0.3 is 0 Å². The van der Waals surface area contributed by atoms with Crippen molar-refractivity contribution < 1.29 is 9.84 Å². The van der Waals surface area contributed by atoms with Gasteiger partial charge in [-0.1, -0.05) is 0 Å². The average molecular weight is 145 g/mol. The molecule has 0 radical (unpaired) electrons. The summed E-state index contributed by atoms with van der Waals surface area (Å²) in [5.74, 6) is 0.264. The van der Waals surface area contributed by atoms with Crippen LogP contribution in [0, 0.1) is 5.92 Å². The van der Waals surface area contributed by atoms with Gasteiger partial charge < -0.3 is 15.6 Å². The molecule has 0 aromatic carbocycles. The molecule has 3 atom stereocenters. The van der Waals surface area contributed by atoms with Gasteiger partial charge in [-0.2, -0.15) is 0 Å². The minimum atomic E-state index is 0.181. The average Bonchev–Trinajstić information content (AvgIpc) is 2.30. The van der Waals surface area contributed by atoms with Gasteiger partial charge in [-0.05, 0) is 12.8 Å². The van der Waals surface area contributed by atoms with Crippen molar-refractivity contribution in [1.82, 2.24) is 0 Å². The maximum Gasteiger partial charge on any atom is 0.0636 e. The second kappa shape index (κ2) is 3.32. The van der Waals surface area contributed by atoms with Crippen LogP contribution in [0.2, 0.25) is 0 Å². The minimum absolute atomic E-state index is 0.181. The fourth-order valence-electron chi connectivity index (χ4n) is 1.61. The first-order valence-electron chi connectivity index (χ1n) is 3.67. The van der Waals surface area contributed by atoms with Crippen LogP contribution in [-0.2, 0) is 4.74 Å². The van der Waals surface area contributed by atoms with Crippen LogP contribution < -0.4 is 5.73 Å². The van der Waals surface area contributed by atoms with E-state index in [1.165, 1.54) is 0 Å². The molecule has 0 heterocycles. The van der Waals surface area contributed by atoms with Crippen LogP contribution in [0.25, 0.3) is 0 Å². The van der Waals surface area contributed by atoms with E-state index in [1.807, 2.05) is 0 Å². The highest BCUT2D eigenvalue weighted by atomic mass is 16.5. The molecular weight excluding hydrogens is 130 g/mol. The topological polar surface area (TPSA) is 55.5 Å². The molecule has 10 heavy (non-hydrogen) atoms. The van der Waals surface area contributed by atoms with E-state index in [1.54, 1.807) is 7.11 Å². The van der Waals surface area contributed by atoms with E-state index in [0.717, 1.165) is 12.8 Å². The first kappa shape index (κ1) is 7.98. The SMILES string of the molecule is CO[C@H]1C[C@H](N)C[C@@H]1CO. The summed E-state index contributed by atoms with van der Waals surface area (Å²) in [7, 11) is 1.67. The summed E-state index contributed by atoms with van der Waals surface area (Å²) in [6.07, 6.45) is 1.97. The maximum absolute atomic E-state index is 8.85. The molecule has 1 rings (SSSR count). The summed E-state index contributed by atoms with van der Waals surface area (Å²) in [5.41, 5.74) is 5.68. The van der Waals surface area contributed by atoms with E-state index in [2.05, 4.69) is 0 Å². The van der Waals surface area contributed by atoms with Gasteiger partial charge in [0.15, 0.2) is 0 Å². The number of aliphatic hydroxyl groups excluding tert-OH is 1. The lowest BCUT2D eigenvalue weighted by Gasteiger charge is -2.13. The van der Waals surface area contributed by atoms with Gasteiger partial charge in [-0.25, -0.2) is 0 Å². The van der Waals surface area contributed by atoms with Crippen molar-refractivity contribution in [1.29, 1.82) is 0 Å². The zero-order chi connectivity index (χ0) is 7.56. The monoisotopic (exact) mass is 145 g/mol. The van der Waals surface area contributed by atoms with Gasteiger partial charge in [0.25, 0.3) is 0 Å². The van der Waals surface area contributed by atoms with Gasteiger partial charge in [-0.15, -0.1) is 0 Å². The number of aliphatic hydroxyl groups is 1. The number of ether oxygens (including phenoxy) is 1. The molecule has 1 saturated carbocycles. The molecule has 0 saturated heterocycles. The summed E-state index contributed by atoms with van der Waals surface area (Å²) in [4.78, 5) is 0. The third kappa shape index (κ3) is 1.48. The Morgan fingerprint density at radius 3 is 2.70 bits per heavy atom. The Kier molecular flexibility index (Phi) is 2.65. The van der Waals surface area contributed by atoms with Gasteiger partial charge in [-0.3, -0.25) is 0 Å². The number of rotatable bonds is 2. The Hall–Kier alpha value is -0.120. The molecular formula is C7H15NO2. The number of methoxy groups -OCH3 is 1. The smallest absolute Gasteiger partial charge is 0.0636 e. The third-order valence-electron chi connectivity index (χ3n) is 2.20. The van der Waals surface area contributed by atoms with Gasteiger partial charge in [0.1, 0.15) is 0 Å². The highest BCUT2D eigenvalue weighted by molar-refractivity contribution is 4.85. The molecule has 0 aliphatic heterocycles. The maximum atomic E-state index is 8.85. The van der Waals surface area contributed by atoms with Crippen molar-refractivity contribution >= 4 is 0 Å². The Balaban J connectivity index is 2.41. The first-order chi connectivity index (χ1) is 4.77. The zero-order valence-corrected chi connectivity index (χ0v) is 6.29. The lowest BCUT2D eigenvalue weighted by Crippen LogP contribution is -2.19. The normalized spacial score (nSPS) is 40.5. The van der Waals surface area contributed by atoms with Crippen molar-refractivity contribution in [3.63, 3.8) is 0 Å². The predicted molar refractivity (Wildman–Crippen MR) is 38.6 cm³/mol. The fourth-order valence-corrected chi connectivity index (χ4v) is 1.61. The van der Waals surface area contributed by atoms with Crippen LogP contribution in [0.3, 0.4) is 0 Å². The molecule has 3 N–H and O–H groups in total. The van der Waals surface area contributed by atoms with Crippen LogP contribution >= 0.6 is 0 Å². The Bertz CT molecular complexity index is 95.8. The van der Waals surface area contributed by atoms with E-state index >= 15 is 0 Å². The minimum Gasteiger partial charge on any atom is -0.396 e. The van der Waals surface area contributed by atoms with E-state index in [4.69, 9.17) is 15.6 Å². The number of hydrogen-bond acceptors (Lipinski definition) is 3. The fraction of sp³-hybridized carbons (Fsp3) is 1.00. The van der Waals surface area contributed by atoms with Crippen molar-refractivity contribution in [2.75, 3.05) is 13.7 Å². The van der Waals surface area contributed by atoms with E-state index < -0.39 is 0 Å². The van der Waals surface area contributed by atoms with Crippen molar-refractivity contribution in [3.8, 4) is 0 Å². The molecule has 1 aliphatic carbocycles. The van der Waals surface area contributed by atoms with Gasteiger partial charge in [0.05, 0.1) is 6.10 Å². The molecule has 3 nitrogen and oxygen atoms in total. The molecule has 1 fully saturated rings. The molecule has 0 aromatic heterocycles. The predicted octanol–water partition coefficient (Wildman–Crippen LogP) is -0.269. The van der Waals surface area contributed by atoms with Crippen LogP contribution in [0.5, 0.6) is 0 Å². The Morgan fingerprint density at radius 2 is 2.30 bits per heavy atom. The molecule has 60 valence electrons. The molecule has 0 aromatic rings. The Morgan fingerprint density at radius 1 is 1.60 bits per heavy atom. The van der Waals surface area contributed by atoms with Crippen molar-refractivity contribution in [2.45, 2.75) is 25.0 Å². The molecule has 0 bridgehead atoms. The second-order valence-electron chi connectivity index (χ2n) is 2.95. The summed E-state index contributed by atoms with van der Waals surface area (Å²) in [6.45, 7) is 0.201. The molecule has 0 amide bonds. The highest BCUT2D eigenvalue weighted by Crippen LogP contribution is 2.26. The highest BCUT2D eigenvalue weighted by Gasteiger charge is 2.31. The zero-order valence-electron chi connectivity index (χ0n) is 6.29. The summed E-state index contributed by atoms with van der Waals surface area (Å²) in [5, 5.41) is 8.85. The first-order valence-corrected chi connectivity index (χ1v) is 3.67. The molecule has 3 heteroatoms. The molecule has 1 aliphatic rings. The van der Waals surface area contributed by atoms with Crippen LogP contribution in [0.1, 0.15) is 12.8 Å². The quantitative estimate of drug-likeness (QED) is 0.562. The van der Waals surface area contributed by atoms with Crippen LogP contribution in [0.4, 0.5) is 0 Å². The van der Waals surface area contributed by atoms with E-state index in [-0.39, 0.29) is 24.7 Å². The summed E-state index contributed by atoms with van der Waals surface area (Å²) >= 11 is 0. The Labute approximate surface area is 61.2 Å². The van der Waals surface area contributed by atoms with Gasteiger partial charge in [0, 0.05) is 25.7 Å². The van der Waals surface area contributed by atoms with Crippen molar-refractivity contribution in [2.24, 2.45) is 11.7 Å². The molecule has 0 unspecified atom stereocenters. The van der Waals surface area contributed by atoms with Crippen LogP contribution in [-0.4, -0.2) is 31.0 Å². The van der Waals surface area contributed by atoms with Crippen LogP contribution in [0.15, 0.2) is 0 Å². The molecule has 0 spiro atoms. The van der Waals surface area contributed by atoms with E-state index in [0.29, 0.717) is 0 Å². The third-order valence-corrected chi connectivity index (χ3v) is 2.20. The van der Waals surface area contributed by atoms with E-state index in [9.17, 15) is 0 Å².